The number of benzene rings is 1. The Bertz CT molecular complexity index is 895. The van der Waals surface area contributed by atoms with Crippen molar-refractivity contribution >= 4 is 33.9 Å². The second kappa shape index (κ2) is 6.39. The number of carbonyl (C=O) groups excluding carboxylic acids is 1. The number of hydrogen-bond donors (Lipinski definition) is 0. The maximum atomic E-state index is 12.9. The highest BCUT2D eigenvalue weighted by Crippen LogP contribution is 2.34. The third-order valence-electron chi connectivity index (χ3n) is 5.04. The SMILES string of the molecule is CC[C@@H]1CCCCN1C(=O)CN1C=NC2=NS(=O)(=O)c3ccccc3N21. The van der Waals surface area contributed by atoms with Gasteiger partial charge in [0, 0.05) is 12.6 Å². The van der Waals surface area contributed by atoms with Gasteiger partial charge in [0.2, 0.25) is 5.91 Å². The first-order chi connectivity index (χ1) is 12.5. The van der Waals surface area contributed by atoms with E-state index < -0.39 is 10.0 Å². The molecule has 1 saturated heterocycles. The zero-order valence-electron chi connectivity index (χ0n) is 14.6. The molecule has 0 bridgehead atoms. The van der Waals surface area contributed by atoms with Gasteiger partial charge in [0.05, 0.1) is 5.69 Å². The predicted octanol–water partition coefficient (Wildman–Crippen LogP) is 1.60. The molecule has 1 aromatic rings. The summed E-state index contributed by atoms with van der Waals surface area (Å²) < 4.78 is 28.4. The topological polar surface area (TPSA) is 85.6 Å². The number of carbonyl (C=O) groups is 1. The Hall–Kier alpha value is -2.42. The van der Waals surface area contributed by atoms with Crippen LogP contribution in [0.1, 0.15) is 32.6 Å². The Labute approximate surface area is 152 Å². The number of sulfonamides is 1. The van der Waals surface area contributed by atoms with Crippen LogP contribution in [0.3, 0.4) is 0 Å². The van der Waals surface area contributed by atoms with E-state index in [2.05, 4.69) is 16.3 Å². The van der Waals surface area contributed by atoms with Crippen molar-refractivity contribution in [2.45, 2.75) is 43.5 Å². The molecule has 0 radical (unpaired) electrons. The lowest BCUT2D eigenvalue weighted by Gasteiger charge is -2.37. The minimum atomic E-state index is -3.77. The van der Waals surface area contributed by atoms with Crippen molar-refractivity contribution in [3.8, 4) is 0 Å². The summed E-state index contributed by atoms with van der Waals surface area (Å²) in [6.45, 7) is 2.98. The van der Waals surface area contributed by atoms with Gasteiger partial charge in [0.15, 0.2) is 0 Å². The van der Waals surface area contributed by atoms with Crippen LogP contribution in [0, 0.1) is 0 Å². The molecule has 0 spiro atoms. The van der Waals surface area contributed by atoms with E-state index in [-0.39, 0.29) is 29.3 Å². The monoisotopic (exact) mass is 375 g/mol. The quantitative estimate of drug-likeness (QED) is 0.801. The van der Waals surface area contributed by atoms with Crippen molar-refractivity contribution in [2.24, 2.45) is 9.39 Å². The number of para-hydroxylation sites is 1. The highest BCUT2D eigenvalue weighted by atomic mass is 32.2. The molecule has 4 rings (SSSR count). The molecule has 1 atom stereocenters. The molecule has 138 valence electrons. The summed E-state index contributed by atoms with van der Waals surface area (Å²) in [4.78, 5) is 19.0. The van der Waals surface area contributed by atoms with Gasteiger partial charge in [-0.25, -0.2) is 5.01 Å². The first-order valence-corrected chi connectivity index (χ1v) is 10.3. The molecule has 0 saturated carbocycles. The molecule has 0 aliphatic carbocycles. The average Bonchev–Trinajstić information content (AvgIpc) is 3.03. The van der Waals surface area contributed by atoms with Crippen LogP contribution in [0.25, 0.3) is 0 Å². The van der Waals surface area contributed by atoms with E-state index in [0.29, 0.717) is 5.69 Å². The van der Waals surface area contributed by atoms with Gasteiger partial charge in [-0.15, -0.1) is 4.40 Å². The first kappa shape index (κ1) is 17.0. The number of piperidine rings is 1. The van der Waals surface area contributed by atoms with Gasteiger partial charge in [-0.3, -0.25) is 9.80 Å². The molecule has 0 N–H and O–H groups in total. The summed E-state index contributed by atoms with van der Waals surface area (Å²) in [5, 5.41) is 3.23. The maximum Gasteiger partial charge on any atom is 0.287 e. The van der Waals surface area contributed by atoms with Crippen LogP contribution in [0.2, 0.25) is 0 Å². The summed E-state index contributed by atoms with van der Waals surface area (Å²) in [5.41, 5.74) is 0.466. The normalized spacial score (nSPS) is 23.5. The van der Waals surface area contributed by atoms with Crippen molar-refractivity contribution < 1.29 is 13.2 Å². The molecule has 3 heterocycles. The van der Waals surface area contributed by atoms with Crippen LogP contribution < -0.4 is 5.01 Å². The van der Waals surface area contributed by atoms with E-state index in [9.17, 15) is 13.2 Å². The number of likely N-dealkylation sites (tertiary alicyclic amines) is 1. The standard InChI is InChI=1S/C17H21N5O3S/c1-2-13-7-5-6-10-21(13)16(23)11-20-12-18-17-19-26(24,25)15-9-4-3-8-14(15)22(17)20/h3-4,8-9,12-13H,2,5-7,10-11H2,1H3/t13-/m1/s1. The van der Waals surface area contributed by atoms with Crippen molar-refractivity contribution in [1.82, 2.24) is 9.91 Å². The molecule has 1 fully saturated rings. The lowest BCUT2D eigenvalue weighted by Crippen LogP contribution is -2.51. The summed E-state index contributed by atoms with van der Waals surface area (Å²) in [7, 11) is -3.77. The molecule has 1 amide bonds. The highest BCUT2D eigenvalue weighted by molar-refractivity contribution is 7.90. The molecule has 0 unspecified atom stereocenters. The molecule has 1 aromatic carbocycles. The molecule has 8 nitrogen and oxygen atoms in total. The highest BCUT2D eigenvalue weighted by Gasteiger charge is 2.38. The Morgan fingerprint density at radius 3 is 2.88 bits per heavy atom. The Morgan fingerprint density at radius 1 is 1.27 bits per heavy atom. The minimum Gasteiger partial charge on any atom is -0.338 e. The molecule has 0 aromatic heterocycles. The fraction of sp³-hybridized carbons (Fsp3) is 0.471. The summed E-state index contributed by atoms with van der Waals surface area (Å²) >= 11 is 0. The third kappa shape index (κ3) is 2.76. The minimum absolute atomic E-state index is 0.0233. The van der Waals surface area contributed by atoms with Gasteiger partial charge in [-0.1, -0.05) is 19.1 Å². The van der Waals surface area contributed by atoms with Gasteiger partial charge in [0.25, 0.3) is 16.0 Å². The van der Waals surface area contributed by atoms with Crippen molar-refractivity contribution in [3.63, 3.8) is 0 Å². The van der Waals surface area contributed by atoms with Gasteiger partial charge in [-0.05, 0) is 37.8 Å². The largest absolute Gasteiger partial charge is 0.338 e. The molecule has 3 aliphatic heterocycles. The summed E-state index contributed by atoms with van der Waals surface area (Å²) in [6.07, 6.45) is 5.62. The number of aliphatic imine (C=N–C) groups is 1. The van der Waals surface area contributed by atoms with E-state index in [0.717, 1.165) is 32.2 Å². The van der Waals surface area contributed by atoms with E-state index in [1.54, 1.807) is 28.2 Å². The van der Waals surface area contributed by atoms with E-state index in [1.165, 1.54) is 12.4 Å². The molecule has 3 aliphatic rings. The molecule has 9 heteroatoms. The Kier molecular flexibility index (Phi) is 4.18. The molecule has 26 heavy (non-hydrogen) atoms. The Morgan fingerprint density at radius 2 is 2.08 bits per heavy atom. The van der Waals surface area contributed by atoms with Crippen LogP contribution in [0.15, 0.2) is 38.6 Å². The van der Waals surface area contributed by atoms with Crippen LogP contribution in [-0.2, 0) is 14.8 Å². The first-order valence-electron chi connectivity index (χ1n) is 8.85. The third-order valence-corrected chi connectivity index (χ3v) is 6.35. The maximum absolute atomic E-state index is 12.9. The number of guanidine groups is 1. The van der Waals surface area contributed by atoms with Gasteiger partial charge in [0.1, 0.15) is 17.8 Å². The van der Waals surface area contributed by atoms with Gasteiger partial charge < -0.3 is 4.90 Å². The van der Waals surface area contributed by atoms with Crippen LogP contribution in [0.4, 0.5) is 5.69 Å². The zero-order valence-corrected chi connectivity index (χ0v) is 15.4. The Balaban J connectivity index is 1.60. The number of amides is 1. The summed E-state index contributed by atoms with van der Waals surface area (Å²) in [5.74, 6) is 0.0948. The molecular weight excluding hydrogens is 354 g/mol. The lowest BCUT2D eigenvalue weighted by molar-refractivity contribution is -0.135. The fourth-order valence-corrected chi connectivity index (χ4v) is 4.86. The van der Waals surface area contributed by atoms with Crippen molar-refractivity contribution in [2.75, 3.05) is 18.1 Å². The van der Waals surface area contributed by atoms with Crippen LogP contribution >= 0.6 is 0 Å². The number of rotatable bonds is 3. The zero-order chi connectivity index (χ0) is 18.3. The van der Waals surface area contributed by atoms with Gasteiger partial charge in [-0.2, -0.15) is 13.4 Å². The van der Waals surface area contributed by atoms with E-state index >= 15 is 0 Å². The summed E-state index contributed by atoms with van der Waals surface area (Å²) in [6, 6.07) is 6.90. The number of hydrogen-bond acceptors (Lipinski definition) is 6. The predicted molar refractivity (Wildman–Crippen MR) is 98.4 cm³/mol. The number of hydrazine groups is 1. The van der Waals surface area contributed by atoms with Crippen LogP contribution in [-0.4, -0.2) is 55.7 Å². The lowest BCUT2D eigenvalue weighted by atomic mass is 10.00. The molecular formula is C17H21N5O3S. The number of anilines is 1. The average molecular weight is 375 g/mol. The second-order valence-corrected chi connectivity index (χ2v) is 8.21. The van der Waals surface area contributed by atoms with Crippen molar-refractivity contribution in [3.05, 3.63) is 24.3 Å². The smallest absolute Gasteiger partial charge is 0.287 e. The van der Waals surface area contributed by atoms with E-state index in [4.69, 9.17) is 0 Å². The van der Waals surface area contributed by atoms with E-state index in [1.807, 2.05) is 4.90 Å². The number of fused-ring (bicyclic) bond motifs is 3. The van der Waals surface area contributed by atoms with Crippen molar-refractivity contribution in [1.29, 1.82) is 0 Å². The van der Waals surface area contributed by atoms with Gasteiger partial charge >= 0.3 is 0 Å². The second-order valence-electron chi connectivity index (χ2n) is 6.63. The fourth-order valence-electron chi connectivity index (χ4n) is 3.75. The number of nitrogens with zero attached hydrogens (tertiary/aromatic N) is 5. The van der Waals surface area contributed by atoms with Crippen LogP contribution in [0.5, 0.6) is 0 Å².